The summed E-state index contributed by atoms with van der Waals surface area (Å²) in [5, 5.41) is 35.3. The second-order valence-corrected chi connectivity index (χ2v) is 9.55. The van der Waals surface area contributed by atoms with Crippen LogP contribution < -0.4 is 16.4 Å². The molecule has 41 heavy (non-hydrogen) atoms. The molecular formula is C31H27N7O3. The Morgan fingerprint density at radius 1 is 0.951 bits per heavy atom. The van der Waals surface area contributed by atoms with E-state index in [9.17, 15) is 20.0 Å². The van der Waals surface area contributed by atoms with Gasteiger partial charge in [-0.3, -0.25) is 9.59 Å². The van der Waals surface area contributed by atoms with E-state index in [2.05, 4.69) is 38.8 Å². The highest BCUT2D eigenvalue weighted by molar-refractivity contribution is 6.30. The molecule has 5 N–H and O–H groups in total. The number of rotatable bonds is 8. The number of unbranched alkanes of at least 4 members (excludes halogenated alkanes) is 1. The fraction of sp³-hybridized carbons (Fsp3) is 0.161. The summed E-state index contributed by atoms with van der Waals surface area (Å²) < 4.78 is 0. The molecule has 0 spiro atoms. The van der Waals surface area contributed by atoms with E-state index in [4.69, 9.17) is 5.73 Å². The maximum atomic E-state index is 13.4. The number of fused-ring (bicyclic) bond motifs is 2. The summed E-state index contributed by atoms with van der Waals surface area (Å²) in [5.74, 6) is -0.903. The number of anilines is 4. The van der Waals surface area contributed by atoms with E-state index >= 15 is 0 Å². The van der Waals surface area contributed by atoms with Crippen LogP contribution in [0.15, 0.2) is 70.9 Å². The van der Waals surface area contributed by atoms with Gasteiger partial charge in [-0.15, -0.1) is 10.2 Å². The molecule has 0 fully saturated rings. The highest BCUT2D eigenvalue weighted by atomic mass is 16.3. The SMILES string of the molecule is CCCCNc1ccc(Nc2nc(N)c(C#N)c(C)c2N=Nc2cccc3c2C(=O)c2c(O)cccc2C3=O)cc1. The van der Waals surface area contributed by atoms with Crippen LogP contribution in [0.2, 0.25) is 0 Å². The smallest absolute Gasteiger partial charge is 0.200 e. The fourth-order valence-corrected chi connectivity index (χ4v) is 4.68. The van der Waals surface area contributed by atoms with Gasteiger partial charge in [0.05, 0.1) is 22.4 Å². The summed E-state index contributed by atoms with van der Waals surface area (Å²) in [6.45, 7) is 4.69. The van der Waals surface area contributed by atoms with Crippen LogP contribution in [0.4, 0.5) is 34.4 Å². The first-order chi connectivity index (χ1) is 19.8. The van der Waals surface area contributed by atoms with Gasteiger partial charge in [-0.1, -0.05) is 37.6 Å². The van der Waals surface area contributed by atoms with Crippen molar-refractivity contribution < 1.29 is 14.7 Å². The zero-order chi connectivity index (χ0) is 29.1. The second kappa shape index (κ2) is 11.3. The Balaban J connectivity index is 1.53. The monoisotopic (exact) mass is 545 g/mol. The average molecular weight is 546 g/mol. The zero-order valence-electron chi connectivity index (χ0n) is 22.5. The molecule has 1 aromatic heterocycles. The minimum Gasteiger partial charge on any atom is -0.507 e. The Bertz CT molecular complexity index is 1760. The molecule has 0 saturated carbocycles. The molecule has 0 atom stereocenters. The quantitative estimate of drug-likeness (QED) is 0.123. The average Bonchev–Trinajstić information content (AvgIpc) is 2.96. The first-order valence-electron chi connectivity index (χ1n) is 13.1. The number of pyridine rings is 1. The Hall–Kier alpha value is -5.56. The molecule has 1 aliphatic carbocycles. The van der Waals surface area contributed by atoms with E-state index in [1.54, 1.807) is 25.1 Å². The predicted molar refractivity (Wildman–Crippen MR) is 157 cm³/mol. The molecule has 1 heterocycles. The standard InChI is InChI=1S/C31H27N7O3/c1-3-4-15-34-18-11-13-19(14-12-18)35-31-27(17(2)22(16-32)30(33)36-31)38-37-23-9-5-7-20-25(23)29(41)26-21(28(20)40)8-6-10-24(26)39/h5-14,34,39H,3-4,15H2,1-2H3,(H3,33,35,36). The number of azo groups is 1. The van der Waals surface area contributed by atoms with Crippen LogP contribution in [-0.4, -0.2) is 28.2 Å². The van der Waals surface area contributed by atoms with Gasteiger partial charge in [0.25, 0.3) is 0 Å². The normalized spacial score (nSPS) is 12.1. The molecule has 0 amide bonds. The van der Waals surface area contributed by atoms with Crippen LogP contribution in [0.25, 0.3) is 0 Å². The fourth-order valence-electron chi connectivity index (χ4n) is 4.68. The highest BCUT2D eigenvalue weighted by Crippen LogP contribution is 2.39. The summed E-state index contributed by atoms with van der Waals surface area (Å²) in [4.78, 5) is 31.0. The Morgan fingerprint density at radius 3 is 2.34 bits per heavy atom. The van der Waals surface area contributed by atoms with Gasteiger partial charge < -0.3 is 21.5 Å². The minimum atomic E-state index is -0.530. The number of phenolic OH excluding ortho intramolecular Hbond substituents is 1. The number of carbonyl (C=O) groups is 2. The van der Waals surface area contributed by atoms with Gasteiger partial charge in [0, 0.05) is 34.6 Å². The Kier molecular flexibility index (Phi) is 7.43. The molecule has 0 unspecified atom stereocenters. The molecule has 0 saturated heterocycles. The molecule has 10 nitrogen and oxygen atoms in total. The molecule has 10 heteroatoms. The lowest BCUT2D eigenvalue weighted by molar-refractivity contribution is 0.0977. The third-order valence-electron chi connectivity index (χ3n) is 6.85. The number of hydrogen-bond acceptors (Lipinski definition) is 10. The molecule has 0 aliphatic heterocycles. The van der Waals surface area contributed by atoms with E-state index < -0.39 is 11.6 Å². The third-order valence-corrected chi connectivity index (χ3v) is 6.85. The van der Waals surface area contributed by atoms with Crippen LogP contribution in [0.1, 0.15) is 62.7 Å². The number of phenols is 1. The van der Waals surface area contributed by atoms with Crippen molar-refractivity contribution in [2.24, 2.45) is 10.2 Å². The first kappa shape index (κ1) is 27.0. The molecule has 204 valence electrons. The van der Waals surface area contributed by atoms with Crippen LogP contribution in [0.3, 0.4) is 0 Å². The lowest BCUT2D eigenvalue weighted by Gasteiger charge is -2.19. The van der Waals surface area contributed by atoms with Gasteiger partial charge in [0.15, 0.2) is 17.4 Å². The lowest BCUT2D eigenvalue weighted by atomic mass is 9.83. The number of benzene rings is 3. The van der Waals surface area contributed by atoms with Crippen LogP contribution in [0, 0.1) is 18.3 Å². The number of nitrogens with two attached hydrogens (primary N) is 1. The van der Waals surface area contributed by atoms with Crippen molar-refractivity contribution in [3.63, 3.8) is 0 Å². The summed E-state index contributed by atoms with van der Waals surface area (Å²) in [6, 6.07) is 18.8. The summed E-state index contributed by atoms with van der Waals surface area (Å²) >= 11 is 0. The summed E-state index contributed by atoms with van der Waals surface area (Å²) in [6.07, 6.45) is 2.17. The van der Waals surface area contributed by atoms with Crippen molar-refractivity contribution in [2.75, 3.05) is 22.9 Å². The third kappa shape index (κ3) is 5.08. The topological polar surface area (TPSA) is 166 Å². The van der Waals surface area contributed by atoms with Gasteiger partial charge in [-0.25, -0.2) is 4.98 Å². The second-order valence-electron chi connectivity index (χ2n) is 9.55. The molecule has 5 rings (SSSR count). The van der Waals surface area contributed by atoms with E-state index in [1.165, 1.54) is 18.2 Å². The molecule has 4 aromatic rings. The molecular weight excluding hydrogens is 518 g/mol. The number of nitriles is 1. The van der Waals surface area contributed by atoms with E-state index in [-0.39, 0.29) is 56.6 Å². The van der Waals surface area contributed by atoms with Gasteiger partial charge in [-0.2, -0.15) is 5.26 Å². The largest absolute Gasteiger partial charge is 0.507 e. The predicted octanol–water partition coefficient (Wildman–Crippen LogP) is 6.70. The van der Waals surface area contributed by atoms with Crippen LogP contribution in [-0.2, 0) is 0 Å². The van der Waals surface area contributed by atoms with Crippen molar-refractivity contribution in [3.8, 4) is 11.8 Å². The summed E-state index contributed by atoms with van der Waals surface area (Å²) in [5.41, 5.74) is 9.02. The van der Waals surface area contributed by atoms with Crippen LogP contribution >= 0.6 is 0 Å². The minimum absolute atomic E-state index is 0.0363. The number of nitrogen functional groups attached to an aromatic ring is 1. The van der Waals surface area contributed by atoms with Crippen molar-refractivity contribution in [2.45, 2.75) is 26.7 Å². The van der Waals surface area contributed by atoms with Gasteiger partial charge in [0.2, 0.25) is 0 Å². The maximum Gasteiger partial charge on any atom is 0.200 e. The number of hydrogen-bond donors (Lipinski definition) is 4. The van der Waals surface area contributed by atoms with Crippen LogP contribution in [0.5, 0.6) is 5.75 Å². The number of aromatic nitrogens is 1. The summed E-state index contributed by atoms with van der Waals surface area (Å²) in [7, 11) is 0. The van der Waals surface area contributed by atoms with Gasteiger partial charge in [-0.05, 0) is 49.7 Å². The first-order valence-corrected chi connectivity index (χ1v) is 13.1. The van der Waals surface area contributed by atoms with Crippen molar-refractivity contribution in [1.82, 2.24) is 4.98 Å². The maximum absolute atomic E-state index is 13.4. The number of nitrogens with zero attached hydrogens (tertiary/aromatic N) is 4. The van der Waals surface area contributed by atoms with Crippen molar-refractivity contribution >= 4 is 46.0 Å². The Morgan fingerprint density at radius 2 is 1.63 bits per heavy atom. The number of ketones is 2. The Labute approximate surface area is 236 Å². The van der Waals surface area contributed by atoms with Crippen molar-refractivity contribution in [1.29, 1.82) is 5.26 Å². The lowest BCUT2D eigenvalue weighted by Crippen LogP contribution is -2.21. The molecule has 0 bridgehead atoms. The molecule has 1 aliphatic rings. The highest BCUT2D eigenvalue weighted by Gasteiger charge is 2.33. The number of aromatic hydroxyl groups is 1. The number of carbonyl (C=O) groups excluding carboxylic acids is 2. The number of nitrogens with one attached hydrogen (secondary N) is 2. The van der Waals surface area contributed by atoms with Gasteiger partial charge in [0.1, 0.15) is 23.3 Å². The van der Waals surface area contributed by atoms with E-state index in [0.29, 0.717) is 11.3 Å². The van der Waals surface area contributed by atoms with Gasteiger partial charge >= 0.3 is 0 Å². The van der Waals surface area contributed by atoms with E-state index in [1.807, 2.05) is 24.3 Å². The van der Waals surface area contributed by atoms with Crippen molar-refractivity contribution in [3.05, 3.63) is 94.0 Å². The molecule has 0 radical (unpaired) electrons. The van der Waals surface area contributed by atoms with E-state index in [0.717, 1.165) is 25.1 Å². The zero-order valence-corrected chi connectivity index (χ0v) is 22.5. The molecule has 3 aromatic carbocycles.